The Morgan fingerprint density at radius 3 is 2.83 bits per heavy atom. The third-order valence-corrected chi connectivity index (χ3v) is 2.35. The second kappa shape index (κ2) is 3.64. The average molecular weight is 187 g/mol. The van der Waals surface area contributed by atoms with Gasteiger partial charge < -0.3 is 10.2 Å². The summed E-state index contributed by atoms with van der Waals surface area (Å²) in [5.74, 6) is -0.968. The molecular weight excluding hydrogens is 178 g/mol. The Hall–Kier alpha value is -0.940. The van der Waals surface area contributed by atoms with Gasteiger partial charge in [-0.3, -0.25) is 0 Å². The number of aliphatic hydroxyl groups excluding tert-OH is 1. The zero-order valence-electron chi connectivity index (χ0n) is 6.57. The molecule has 0 unspecified atom stereocenters. The Morgan fingerprint density at radius 2 is 2.33 bits per heavy atom. The van der Waals surface area contributed by atoms with Gasteiger partial charge in [0.2, 0.25) is 0 Å². The van der Waals surface area contributed by atoms with Gasteiger partial charge in [0.15, 0.2) is 0 Å². The van der Waals surface area contributed by atoms with Gasteiger partial charge in [0.05, 0.1) is 10.7 Å². The van der Waals surface area contributed by atoms with E-state index in [2.05, 4.69) is 4.98 Å². The molecule has 0 bridgehead atoms. The van der Waals surface area contributed by atoms with Crippen molar-refractivity contribution in [2.75, 3.05) is 6.61 Å². The summed E-state index contributed by atoms with van der Waals surface area (Å²) in [6.07, 6.45) is 0.311. The van der Waals surface area contributed by atoms with Crippen molar-refractivity contribution in [3.63, 3.8) is 0 Å². The highest BCUT2D eigenvalue weighted by atomic mass is 32.1. The van der Waals surface area contributed by atoms with E-state index in [0.29, 0.717) is 12.1 Å². The van der Waals surface area contributed by atoms with Gasteiger partial charge >= 0.3 is 5.97 Å². The molecule has 5 heteroatoms. The molecule has 0 aliphatic rings. The molecule has 0 radical (unpaired) electrons. The summed E-state index contributed by atoms with van der Waals surface area (Å²) >= 11 is 1.14. The van der Waals surface area contributed by atoms with Gasteiger partial charge in [-0.1, -0.05) is 0 Å². The van der Waals surface area contributed by atoms with Crippen LogP contribution in [0.4, 0.5) is 0 Å². The Kier molecular flexibility index (Phi) is 2.78. The molecule has 0 aromatic carbocycles. The van der Waals surface area contributed by atoms with Crippen LogP contribution in [-0.4, -0.2) is 27.8 Å². The number of rotatable bonds is 3. The number of hydrogen-bond donors (Lipinski definition) is 2. The monoisotopic (exact) mass is 187 g/mol. The lowest BCUT2D eigenvalue weighted by molar-refractivity contribution is 0.0700. The lowest BCUT2D eigenvalue weighted by Gasteiger charge is -1.92. The standard InChI is InChI=1S/C7H9NO3S/c1-4-8-5(2-3-9)6(12-4)7(10)11/h9H,2-3H2,1H3,(H,10,11). The lowest BCUT2D eigenvalue weighted by atomic mass is 10.3. The van der Waals surface area contributed by atoms with Crippen LogP contribution in [0.3, 0.4) is 0 Å². The largest absolute Gasteiger partial charge is 0.477 e. The predicted molar refractivity (Wildman–Crippen MR) is 44.6 cm³/mol. The topological polar surface area (TPSA) is 70.4 Å². The predicted octanol–water partition coefficient (Wildman–Crippen LogP) is 0.685. The molecule has 2 N–H and O–H groups in total. The SMILES string of the molecule is Cc1nc(CCO)c(C(=O)O)s1. The number of hydrogen-bond acceptors (Lipinski definition) is 4. The van der Waals surface area contributed by atoms with E-state index < -0.39 is 5.97 Å². The molecule has 1 aromatic rings. The quantitative estimate of drug-likeness (QED) is 0.730. The van der Waals surface area contributed by atoms with Crippen molar-refractivity contribution in [3.05, 3.63) is 15.6 Å². The van der Waals surface area contributed by atoms with E-state index in [-0.39, 0.29) is 11.5 Å². The van der Waals surface area contributed by atoms with E-state index in [4.69, 9.17) is 10.2 Å². The van der Waals surface area contributed by atoms with Gasteiger partial charge in [-0.05, 0) is 6.92 Å². The molecule has 1 rings (SSSR count). The molecule has 0 saturated heterocycles. The van der Waals surface area contributed by atoms with Gasteiger partial charge in [-0.25, -0.2) is 9.78 Å². The molecule has 0 aliphatic heterocycles. The van der Waals surface area contributed by atoms with Crippen LogP contribution in [0, 0.1) is 6.92 Å². The number of aliphatic hydroxyl groups is 1. The van der Waals surface area contributed by atoms with Crippen molar-refractivity contribution in [2.24, 2.45) is 0 Å². The first-order chi connectivity index (χ1) is 5.65. The molecule has 0 atom stereocenters. The third kappa shape index (κ3) is 1.80. The summed E-state index contributed by atoms with van der Waals surface area (Å²) in [6, 6.07) is 0. The van der Waals surface area contributed by atoms with Gasteiger partial charge in [-0.2, -0.15) is 0 Å². The fraction of sp³-hybridized carbons (Fsp3) is 0.429. The summed E-state index contributed by atoms with van der Waals surface area (Å²) in [4.78, 5) is 14.8. The molecule has 0 spiro atoms. The van der Waals surface area contributed by atoms with Gasteiger partial charge in [-0.15, -0.1) is 11.3 Å². The molecule has 0 saturated carbocycles. The molecule has 1 aromatic heterocycles. The fourth-order valence-electron chi connectivity index (χ4n) is 0.913. The van der Waals surface area contributed by atoms with Gasteiger partial charge in [0.1, 0.15) is 4.88 Å². The van der Waals surface area contributed by atoms with Crippen molar-refractivity contribution in [3.8, 4) is 0 Å². The highest BCUT2D eigenvalue weighted by Gasteiger charge is 2.14. The number of thiazole rings is 1. The molecule has 0 amide bonds. The number of aryl methyl sites for hydroxylation is 1. The van der Waals surface area contributed by atoms with E-state index in [1.54, 1.807) is 6.92 Å². The smallest absolute Gasteiger partial charge is 0.347 e. The van der Waals surface area contributed by atoms with E-state index in [1.165, 1.54) is 0 Å². The maximum Gasteiger partial charge on any atom is 0.347 e. The summed E-state index contributed by atoms with van der Waals surface area (Å²) in [7, 11) is 0. The number of nitrogens with zero attached hydrogens (tertiary/aromatic N) is 1. The summed E-state index contributed by atoms with van der Waals surface area (Å²) in [5, 5.41) is 18.0. The minimum atomic E-state index is -0.968. The van der Waals surface area contributed by atoms with Crippen LogP contribution >= 0.6 is 11.3 Å². The highest BCUT2D eigenvalue weighted by molar-refractivity contribution is 7.13. The first kappa shape index (κ1) is 9.15. The van der Waals surface area contributed by atoms with Crippen molar-refractivity contribution in [1.82, 2.24) is 4.98 Å². The zero-order chi connectivity index (χ0) is 9.14. The first-order valence-electron chi connectivity index (χ1n) is 3.45. The molecule has 1 heterocycles. The van der Waals surface area contributed by atoms with Crippen molar-refractivity contribution >= 4 is 17.3 Å². The number of aromatic nitrogens is 1. The Labute approximate surface area is 73.5 Å². The van der Waals surface area contributed by atoms with Crippen molar-refractivity contribution < 1.29 is 15.0 Å². The van der Waals surface area contributed by atoms with E-state index in [9.17, 15) is 4.79 Å². The van der Waals surface area contributed by atoms with E-state index >= 15 is 0 Å². The van der Waals surface area contributed by atoms with Crippen molar-refractivity contribution in [2.45, 2.75) is 13.3 Å². The van der Waals surface area contributed by atoms with Crippen LogP contribution in [0.25, 0.3) is 0 Å². The Balaban J connectivity index is 2.99. The van der Waals surface area contributed by atoms with Crippen molar-refractivity contribution in [1.29, 1.82) is 0 Å². The second-order valence-corrected chi connectivity index (χ2v) is 3.49. The number of carboxylic acid groups (broad SMARTS) is 1. The summed E-state index contributed by atoms with van der Waals surface area (Å²) in [6.45, 7) is 1.68. The van der Waals surface area contributed by atoms with Gasteiger partial charge in [0, 0.05) is 13.0 Å². The minimum absolute atomic E-state index is 0.0660. The molecule has 0 aliphatic carbocycles. The van der Waals surface area contributed by atoms with Crippen LogP contribution < -0.4 is 0 Å². The molecule has 12 heavy (non-hydrogen) atoms. The zero-order valence-corrected chi connectivity index (χ0v) is 7.39. The number of aromatic carboxylic acids is 1. The summed E-state index contributed by atoms with van der Waals surface area (Å²) in [5.41, 5.74) is 0.479. The van der Waals surface area contributed by atoms with E-state index in [1.807, 2.05) is 0 Å². The Bertz CT molecular complexity index is 295. The minimum Gasteiger partial charge on any atom is -0.477 e. The fourth-order valence-corrected chi connectivity index (χ4v) is 1.72. The maximum atomic E-state index is 10.6. The second-order valence-electron chi connectivity index (χ2n) is 2.29. The number of carbonyl (C=O) groups is 1. The molecule has 4 nitrogen and oxygen atoms in total. The average Bonchev–Trinajstić information content (AvgIpc) is 2.32. The third-order valence-electron chi connectivity index (χ3n) is 1.35. The normalized spacial score (nSPS) is 10.2. The van der Waals surface area contributed by atoms with Crippen LogP contribution in [-0.2, 0) is 6.42 Å². The molecule has 0 fully saturated rings. The summed E-state index contributed by atoms with van der Waals surface area (Å²) < 4.78 is 0. The maximum absolute atomic E-state index is 10.6. The molecular formula is C7H9NO3S. The van der Waals surface area contributed by atoms with Gasteiger partial charge in [0.25, 0.3) is 0 Å². The van der Waals surface area contributed by atoms with Crippen LogP contribution in [0.1, 0.15) is 20.4 Å². The lowest BCUT2D eigenvalue weighted by Crippen LogP contribution is -2.00. The highest BCUT2D eigenvalue weighted by Crippen LogP contribution is 2.17. The molecule has 66 valence electrons. The van der Waals surface area contributed by atoms with Crippen LogP contribution in [0.15, 0.2) is 0 Å². The van der Waals surface area contributed by atoms with Crippen LogP contribution in [0.2, 0.25) is 0 Å². The number of carboxylic acids is 1. The Morgan fingerprint density at radius 1 is 1.67 bits per heavy atom. The van der Waals surface area contributed by atoms with Crippen LogP contribution in [0.5, 0.6) is 0 Å². The first-order valence-corrected chi connectivity index (χ1v) is 4.27. The van der Waals surface area contributed by atoms with E-state index in [0.717, 1.165) is 16.3 Å².